The third-order valence-corrected chi connectivity index (χ3v) is 3.12. The highest BCUT2D eigenvalue weighted by molar-refractivity contribution is 5.92. The van der Waals surface area contributed by atoms with E-state index in [2.05, 4.69) is 4.98 Å². The topological polar surface area (TPSA) is 71.6 Å². The summed E-state index contributed by atoms with van der Waals surface area (Å²) in [6.45, 7) is 5.22. The number of amides is 1. The van der Waals surface area contributed by atoms with Gasteiger partial charge in [-0.2, -0.15) is 0 Å². The number of rotatable bonds is 3. The summed E-state index contributed by atoms with van der Waals surface area (Å²) in [5.41, 5.74) is -0.421. The van der Waals surface area contributed by atoms with Crippen LogP contribution in [0.4, 0.5) is 0 Å². The summed E-state index contributed by atoms with van der Waals surface area (Å²) in [5, 5.41) is 0. The second kappa shape index (κ2) is 5.76. The van der Waals surface area contributed by atoms with Crippen LogP contribution in [-0.4, -0.2) is 54.3 Å². The molecule has 2 heterocycles. The van der Waals surface area contributed by atoms with Crippen LogP contribution < -0.4 is 5.56 Å². The largest absolute Gasteiger partial charge is 0.382 e. The summed E-state index contributed by atoms with van der Waals surface area (Å²) in [6.07, 6.45) is -0.164. The molecular weight excluding hydrogens is 260 g/mol. The quantitative estimate of drug-likeness (QED) is 0.882. The third kappa shape index (κ3) is 3.46. The second-order valence-corrected chi connectivity index (χ2v) is 5.57. The predicted molar refractivity (Wildman–Crippen MR) is 73.8 cm³/mol. The van der Waals surface area contributed by atoms with Crippen LogP contribution in [0.5, 0.6) is 0 Å². The van der Waals surface area contributed by atoms with Crippen molar-refractivity contribution in [2.75, 3.05) is 26.8 Å². The molecule has 1 saturated heterocycles. The van der Waals surface area contributed by atoms with Crippen molar-refractivity contribution in [2.24, 2.45) is 0 Å². The number of nitrogens with zero attached hydrogens (tertiary/aromatic N) is 1. The van der Waals surface area contributed by atoms with Crippen LogP contribution in [-0.2, 0) is 9.47 Å². The number of hydrogen-bond donors (Lipinski definition) is 1. The Balaban J connectivity index is 2.18. The molecule has 0 aromatic carbocycles. The van der Waals surface area contributed by atoms with E-state index in [9.17, 15) is 9.59 Å². The molecule has 6 nitrogen and oxygen atoms in total. The van der Waals surface area contributed by atoms with E-state index in [1.165, 1.54) is 6.07 Å². The minimum atomic E-state index is -0.438. The van der Waals surface area contributed by atoms with Crippen LogP contribution in [0.3, 0.4) is 0 Å². The third-order valence-electron chi connectivity index (χ3n) is 3.12. The van der Waals surface area contributed by atoms with Gasteiger partial charge in [0.1, 0.15) is 5.69 Å². The molecule has 110 valence electrons. The van der Waals surface area contributed by atoms with Gasteiger partial charge in [0.2, 0.25) is 5.56 Å². The van der Waals surface area contributed by atoms with Gasteiger partial charge in [0.05, 0.1) is 18.3 Å². The van der Waals surface area contributed by atoms with Crippen molar-refractivity contribution in [3.05, 3.63) is 34.2 Å². The molecule has 1 aliphatic heterocycles. The highest BCUT2D eigenvalue weighted by atomic mass is 16.5. The maximum absolute atomic E-state index is 12.4. The standard InChI is InChI=1S/C14H20N2O4/c1-14(2)9-16(7-10(20-14)8-19-3)13(18)11-5-4-6-12(17)15-11/h4-6,10H,7-9H2,1-3H3,(H,15,17). The minimum absolute atomic E-state index is 0.164. The minimum Gasteiger partial charge on any atom is -0.382 e. The van der Waals surface area contributed by atoms with E-state index in [0.717, 1.165) is 0 Å². The maximum atomic E-state index is 12.4. The van der Waals surface area contributed by atoms with Gasteiger partial charge in [0.25, 0.3) is 5.91 Å². The Morgan fingerprint density at radius 3 is 2.95 bits per heavy atom. The van der Waals surface area contributed by atoms with Gasteiger partial charge in [-0.15, -0.1) is 0 Å². The summed E-state index contributed by atoms with van der Waals surface area (Å²) in [4.78, 5) is 28.0. The van der Waals surface area contributed by atoms with Gasteiger partial charge >= 0.3 is 0 Å². The van der Waals surface area contributed by atoms with Gasteiger partial charge < -0.3 is 19.4 Å². The number of hydrogen-bond acceptors (Lipinski definition) is 4. The smallest absolute Gasteiger partial charge is 0.270 e. The molecule has 1 aliphatic rings. The first-order valence-electron chi connectivity index (χ1n) is 6.57. The number of carbonyl (C=O) groups is 1. The average Bonchev–Trinajstić information content (AvgIpc) is 2.36. The molecule has 1 aromatic heterocycles. The van der Waals surface area contributed by atoms with E-state index in [1.54, 1.807) is 24.1 Å². The summed E-state index contributed by atoms with van der Waals surface area (Å²) >= 11 is 0. The molecule has 20 heavy (non-hydrogen) atoms. The fourth-order valence-corrected chi connectivity index (χ4v) is 2.47. The van der Waals surface area contributed by atoms with Gasteiger partial charge in [-0.1, -0.05) is 6.07 Å². The number of ether oxygens (including phenoxy) is 2. The highest BCUT2D eigenvalue weighted by Crippen LogP contribution is 2.22. The number of morpholine rings is 1. The first-order valence-corrected chi connectivity index (χ1v) is 6.57. The van der Waals surface area contributed by atoms with Crippen molar-refractivity contribution in [2.45, 2.75) is 25.6 Å². The number of pyridine rings is 1. The Hall–Kier alpha value is -1.66. The molecule has 1 aromatic rings. The van der Waals surface area contributed by atoms with Gasteiger partial charge in [-0.3, -0.25) is 9.59 Å². The van der Waals surface area contributed by atoms with Crippen molar-refractivity contribution in [3.8, 4) is 0 Å². The lowest BCUT2D eigenvalue weighted by Crippen LogP contribution is -2.55. The van der Waals surface area contributed by atoms with E-state index < -0.39 is 5.60 Å². The van der Waals surface area contributed by atoms with Crippen molar-refractivity contribution >= 4 is 5.91 Å². The van der Waals surface area contributed by atoms with Crippen LogP contribution in [0.15, 0.2) is 23.0 Å². The normalized spacial score (nSPS) is 21.8. The molecule has 2 rings (SSSR count). The molecule has 0 saturated carbocycles. The number of aromatic amines is 1. The molecule has 1 unspecified atom stereocenters. The Kier molecular flexibility index (Phi) is 4.25. The number of nitrogens with one attached hydrogen (secondary N) is 1. The van der Waals surface area contributed by atoms with Gasteiger partial charge in [0, 0.05) is 26.3 Å². The van der Waals surface area contributed by atoms with Crippen LogP contribution in [0.2, 0.25) is 0 Å². The molecule has 0 bridgehead atoms. The fourth-order valence-electron chi connectivity index (χ4n) is 2.47. The number of aromatic nitrogens is 1. The number of carbonyl (C=O) groups excluding carboxylic acids is 1. The summed E-state index contributed by atoms with van der Waals surface area (Å²) in [6, 6.07) is 4.57. The van der Waals surface area contributed by atoms with E-state index in [0.29, 0.717) is 25.4 Å². The molecule has 1 N–H and O–H groups in total. The first kappa shape index (κ1) is 14.7. The van der Waals surface area contributed by atoms with Crippen molar-refractivity contribution in [1.29, 1.82) is 0 Å². The number of H-pyrrole nitrogens is 1. The summed E-state index contributed by atoms with van der Waals surface area (Å²) in [7, 11) is 1.60. The molecule has 0 aliphatic carbocycles. The molecule has 1 fully saturated rings. The number of methoxy groups -OCH3 is 1. The van der Waals surface area contributed by atoms with Gasteiger partial charge in [-0.25, -0.2) is 0 Å². The molecule has 6 heteroatoms. The fraction of sp³-hybridized carbons (Fsp3) is 0.571. The molecule has 1 amide bonds. The summed E-state index contributed by atoms with van der Waals surface area (Å²) < 4.78 is 11.0. The zero-order valence-corrected chi connectivity index (χ0v) is 12.0. The predicted octanol–water partition coefficient (Wildman–Crippen LogP) is 0.641. The zero-order valence-electron chi connectivity index (χ0n) is 12.0. The van der Waals surface area contributed by atoms with E-state index >= 15 is 0 Å². The average molecular weight is 280 g/mol. The van der Waals surface area contributed by atoms with Gasteiger partial charge in [-0.05, 0) is 19.9 Å². The lowest BCUT2D eigenvalue weighted by atomic mass is 10.0. The van der Waals surface area contributed by atoms with Crippen LogP contribution in [0.1, 0.15) is 24.3 Å². The maximum Gasteiger partial charge on any atom is 0.270 e. The van der Waals surface area contributed by atoms with Crippen molar-refractivity contribution in [3.63, 3.8) is 0 Å². The van der Waals surface area contributed by atoms with Crippen LogP contribution in [0, 0.1) is 0 Å². The Labute approximate surface area is 117 Å². The molecule has 1 atom stereocenters. The second-order valence-electron chi connectivity index (χ2n) is 5.57. The monoisotopic (exact) mass is 280 g/mol. The Morgan fingerprint density at radius 1 is 1.55 bits per heavy atom. The lowest BCUT2D eigenvalue weighted by molar-refractivity contribution is -0.143. The Bertz CT molecular complexity index is 538. The van der Waals surface area contributed by atoms with Crippen molar-refractivity contribution in [1.82, 2.24) is 9.88 Å². The van der Waals surface area contributed by atoms with E-state index in [-0.39, 0.29) is 17.6 Å². The van der Waals surface area contributed by atoms with E-state index in [4.69, 9.17) is 9.47 Å². The Morgan fingerprint density at radius 2 is 2.30 bits per heavy atom. The van der Waals surface area contributed by atoms with Crippen LogP contribution >= 0.6 is 0 Å². The lowest BCUT2D eigenvalue weighted by Gasteiger charge is -2.42. The molecule has 0 radical (unpaired) electrons. The highest BCUT2D eigenvalue weighted by Gasteiger charge is 2.36. The first-order chi connectivity index (χ1) is 9.41. The summed E-state index contributed by atoms with van der Waals surface area (Å²) in [5.74, 6) is -0.194. The van der Waals surface area contributed by atoms with Gasteiger partial charge in [0.15, 0.2) is 0 Å². The molecule has 0 spiro atoms. The SMILES string of the molecule is COCC1CN(C(=O)c2cccc(=O)[nH]2)CC(C)(C)O1. The van der Waals surface area contributed by atoms with Crippen LogP contribution in [0.25, 0.3) is 0 Å². The van der Waals surface area contributed by atoms with Crippen molar-refractivity contribution < 1.29 is 14.3 Å². The zero-order chi connectivity index (χ0) is 14.8. The van der Waals surface area contributed by atoms with E-state index in [1.807, 2.05) is 13.8 Å². The molecular formula is C14H20N2O4.